The van der Waals surface area contributed by atoms with E-state index >= 15 is 0 Å². The molecule has 5 rings (SSSR count). The largest absolute Gasteiger partial charge is 0.461 e. The number of thiazole rings is 1. The van der Waals surface area contributed by atoms with Gasteiger partial charge < -0.3 is 9.64 Å². The van der Waals surface area contributed by atoms with Gasteiger partial charge in [-0.3, -0.25) is 9.80 Å². The predicted molar refractivity (Wildman–Crippen MR) is 125 cm³/mol. The first-order valence-electron chi connectivity index (χ1n) is 10.9. The summed E-state index contributed by atoms with van der Waals surface area (Å²) in [6, 6.07) is 16.9. The number of hydrogen-bond donors (Lipinski definition) is 0. The van der Waals surface area contributed by atoms with Crippen molar-refractivity contribution in [3.63, 3.8) is 0 Å². The second-order valence-electron chi connectivity index (χ2n) is 7.88. The van der Waals surface area contributed by atoms with Crippen molar-refractivity contribution in [2.45, 2.75) is 38.3 Å². The van der Waals surface area contributed by atoms with Crippen LogP contribution >= 0.6 is 11.3 Å². The third-order valence-electron chi connectivity index (χ3n) is 5.86. The molecule has 1 amide bonds. The van der Waals surface area contributed by atoms with Gasteiger partial charge in [-0.2, -0.15) is 5.10 Å². The van der Waals surface area contributed by atoms with Crippen LogP contribution in [-0.4, -0.2) is 46.7 Å². The molecule has 8 heteroatoms. The van der Waals surface area contributed by atoms with Gasteiger partial charge in [-0.25, -0.2) is 9.78 Å². The summed E-state index contributed by atoms with van der Waals surface area (Å²) in [5.41, 5.74) is 2.03. The molecule has 0 spiro atoms. The Labute approximate surface area is 190 Å². The van der Waals surface area contributed by atoms with Gasteiger partial charge in [0.1, 0.15) is 16.8 Å². The van der Waals surface area contributed by atoms with E-state index in [1.54, 1.807) is 23.3 Å². The van der Waals surface area contributed by atoms with E-state index in [4.69, 9.17) is 9.72 Å². The van der Waals surface area contributed by atoms with E-state index in [0.29, 0.717) is 6.54 Å². The van der Waals surface area contributed by atoms with Crippen LogP contribution in [0, 0.1) is 0 Å². The summed E-state index contributed by atoms with van der Waals surface area (Å²) < 4.78 is 6.28. The van der Waals surface area contributed by atoms with Crippen molar-refractivity contribution in [3.05, 3.63) is 59.6 Å². The van der Waals surface area contributed by atoms with Crippen molar-refractivity contribution in [2.24, 2.45) is 5.10 Å². The quantitative estimate of drug-likeness (QED) is 0.548. The molecule has 164 valence electrons. The summed E-state index contributed by atoms with van der Waals surface area (Å²) in [7, 11) is 0. The molecule has 2 aromatic carbocycles. The van der Waals surface area contributed by atoms with Crippen LogP contribution < -0.4 is 5.01 Å². The number of rotatable bonds is 5. The van der Waals surface area contributed by atoms with Crippen molar-refractivity contribution in [1.82, 2.24) is 9.88 Å². The highest BCUT2D eigenvalue weighted by Gasteiger charge is 2.42. The van der Waals surface area contributed by atoms with Crippen LogP contribution in [0.2, 0.25) is 0 Å². The first-order valence-corrected chi connectivity index (χ1v) is 11.7. The molecule has 7 nitrogen and oxygen atoms in total. The lowest BCUT2D eigenvalue weighted by atomic mass is 10.1. The Balaban J connectivity index is 1.44. The fourth-order valence-corrected chi connectivity index (χ4v) is 5.49. The molecule has 0 radical (unpaired) electrons. The minimum Gasteiger partial charge on any atom is -0.461 e. The van der Waals surface area contributed by atoms with E-state index in [2.05, 4.69) is 11.2 Å². The van der Waals surface area contributed by atoms with Crippen LogP contribution in [0.3, 0.4) is 0 Å². The topological polar surface area (TPSA) is 75.1 Å². The molecule has 2 aliphatic heterocycles. The molecule has 3 aromatic rings. The normalized spacial score (nSPS) is 20.6. The molecule has 0 bridgehead atoms. The molecule has 2 atom stereocenters. The van der Waals surface area contributed by atoms with Crippen LogP contribution in [0.4, 0.5) is 5.69 Å². The SMILES string of the molecule is CCOC(=O)C1=NN(c2ccccc2)C(C(=O)N2CCCC2c2nc3ccccc3s2)C1. The van der Waals surface area contributed by atoms with Gasteiger partial charge in [-0.05, 0) is 44.0 Å². The van der Waals surface area contributed by atoms with Crippen molar-refractivity contribution < 1.29 is 14.3 Å². The van der Waals surface area contributed by atoms with E-state index in [1.165, 1.54) is 0 Å². The Hall–Kier alpha value is -3.26. The standard InChI is InChI=1S/C24H24N4O3S/c1-2-31-24(30)18-15-20(28(26-18)16-9-4-3-5-10-16)23(29)27-14-8-12-19(27)22-25-17-11-6-7-13-21(17)32-22/h3-7,9-11,13,19-20H,2,8,12,14-15H2,1H3. The molecule has 1 saturated heterocycles. The molecule has 1 aromatic heterocycles. The molecule has 0 aliphatic carbocycles. The number of para-hydroxylation sites is 2. The van der Waals surface area contributed by atoms with Crippen LogP contribution in [0.15, 0.2) is 59.7 Å². The second kappa shape index (κ2) is 8.70. The average Bonchev–Trinajstić information content (AvgIpc) is 3.57. The van der Waals surface area contributed by atoms with Gasteiger partial charge in [0.15, 0.2) is 0 Å². The highest BCUT2D eigenvalue weighted by molar-refractivity contribution is 7.18. The lowest BCUT2D eigenvalue weighted by Crippen LogP contribution is -2.45. The summed E-state index contributed by atoms with van der Waals surface area (Å²) >= 11 is 1.65. The molecule has 3 heterocycles. The Morgan fingerprint density at radius 2 is 1.91 bits per heavy atom. The molecular formula is C24H24N4O3S. The number of hydrogen-bond acceptors (Lipinski definition) is 7. The van der Waals surface area contributed by atoms with Crippen LogP contribution in [-0.2, 0) is 14.3 Å². The number of amides is 1. The zero-order valence-electron chi connectivity index (χ0n) is 17.8. The first-order chi connectivity index (χ1) is 15.7. The number of hydrazone groups is 1. The second-order valence-corrected chi connectivity index (χ2v) is 8.94. The van der Waals surface area contributed by atoms with Gasteiger partial charge in [-0.15, -0.1) is 11.3 Å². The van der Waals surface area contributed by atoms with Crippen molar-refractivity contribution in [3.8, 4) is 0 Å². The third kappa shape index (κ3) is 3.75. The first kappa shape index (κ1) is 20.6. The van der Waals surface area contributed by atoms with E-state index < -0.39 is 12.0 Å². The fraction of sp³-hybridized carbons (Fsp3) is 0.333. The maximum atomic E-state index is 13.8. The fourth-order valence-electron chi connectivity index (χ4n) is 4.37. The number of ether oxygens (including phenoxy) is 1. The highest BCUT2D eigenvalue weighted by atomic mass is 32.1. The van der Waals surface area contributed by atoms with Gasteiger partial charge >= 0.3 is 5.97 Å². The Morgan fingerprint density at radius 1 is 1.12 bits per heavy atom. The number of carbonyl (C=O) groups excluding carboxylic acids is 2. The maximum absolute atomic E-state index is 13.8. The van der Waals surface area contributed by atoms with Gasteiger partial charge in [0.05, 0.1) is 28.6 Å². The number of carbonyl (C=O) groups is 2. The van der Waals surface area contributed by atoms with E-state index in [0.717, 1.165) is 33.8 Å². The molecule has 0 N–H and O–H groups in total. The summed E-state index contributed by atoms with van der Waals surface area (Å²) in [6.07, 6.45) is 2.04. The summed E-state index contributed by atoms with van der Waals surface area (Å²) in [5.74, 6) is -0.494. The molecular weight excluding hydrogens is 424 g/mol. The number of aromatic nitrogens is 1. The van der Waals surface area contributed by atoms with Gasteiger partial charge in [-0.1, -0.05) is 30.3 Å². The minimum absolute atomic E-state index is 0.0290. The molecule has 2 unspecified atom stereocenters. The number of anilines is 1. The third-order valence-corrected chi connectivity index (χ3v) is 7.00. The zero-order chi connectivity index (χ0) is 22.1. The van der Waals surface area contributed by atoms with Crippen LogP contribution in [0.25, 0.3) is 10.2 Å². The lowest BCUT2D eigenvalue weighted by molar-refractivity contribution is -0.135. The summed E-state index contributed by atoms with van der Waals surface area (Å²) in [6.45, 7) is 2.71. The predicted octanol–water partition coefficient (Wildman–Crippen LogP) is 4.16. The smallest absolute Gasteiger partial charge is 0.354 e. The molecule has 2 aliphatic rings. The number of fused-ring (bicyclic) bond motifs is 1. The monoisotopic (exact) mass is 448 g/mol. The van der Waals surface area contributed by atoms with Gasteiger partial charge in [0.2, 0.25) is 5.91 Å². The number of esters is 1. The van der Waals surface area contributed by atoms with E-state index in [9.17, 15) is 9.59 Å². The summed E-state index contributed by atoms with van der Waals surface area (Å²) in [4.78, 5) is 32.9. The minimum atomic E-state index is -0.577. The van der Waals surface area contributed by atoms with Gasteiger partial charge in [0, 0.05) is 13.0 Å². The molecule has 32 heavy (non-hydrogen) atoms. The van der Waals surface area contributed by atoms with Crippen molar-refractivity contribution >= 4 is 44.8 Å². The number of nitrogens with zero attached hydrogens (tertiary/aromatic N) is 4. The Morgan fingerprint density at radius 3 is 2.69 bits per heavy atom. The van der Waals surface area contributed by atoms with Crippen molar-refractivity contribution in [2.75, 3.05) is 18.2 Å². The van der Waals surface area contributed by atoms with Gasteiger partial charge in [0.25, 0.3) is 0 Å². The molecule has 0 saturated carbocycles. The summed E-state index contributed by atoms with van der Waals surface area (Å²) in [5, 5.41) is 7.13. The van der Waals surface area contributed by atoms with E-state index in [1.807, 2.05) is 53.4 Å². The van der Waals surface area contributed by atoms with Crippen LogP contribution in [0.1, 0.15) is 37.2 Å². The average molecular weight is 449 g/mol. The zero-order valence-corrected chi connectivity index (χ0v) is 18.6. The molecule has 1 fully saturated rings. The number of benzene rings is 2. The Bertz CT molecular complexity index is 1140. The van der Waals surface area contributed by atoms with Crippen molar-refractivity contribution in [1.29, 1.82) is 0 Å². The lowest BCUT2D eigenvalue weighted by Gasteiger charge is -2.30. The highest BCUT2D eigenvalue weighted by Crippen LogP contribution is 2.38. The van der Waals surface area contributed by atoms with E-state index in [-0.39, 0.29) is 30.7 Å². The Kier molecular flexibility index (Phi) is 5.61. The maximum Gasteiger partial charge on any atom is 0.354 e. The number of likely N-dealkylation sites (tertiary alicyclic amines) is 1. The van der Waals surface area contributed by atoms with Crippen LogP contribution in [0.5, 0.6) is 0 Å².